The van der Waals surface area contributed by atoms with Gasteiger partial charge in [0.25, 0.3) is 0 Å². The highest BCUT2D eigenvalue weighted by Gasteiger charge is 2.12. The molecule has 1 amide bonds. The molecule has 0 fully saturated rings. The zero-order chi connectivity index (χ0) is 18.4. The molecule has 136 valence electrons. The molecule has 0 saturated carbocycles. The number of hydrogen-bond donors (Lipinski definition) is 2. The van der Waals surface area contributed by atoms with Gasteiger partial charge in [-0.3, -0.25) is 9.36 Å². The Bertz CT molecular complexity index is 946. The van der Waals surface area contributed by atoms with Crippen molar-refractivity contribution in [3.63, 3.8) is 0 Å². The van der Waals surface area contributed by atoms with Gasteiger partial charge in [-0.1, -0.05) is 48.2 Å². The number of H-pyrrole nitrogens is 1. The SMILES string of the molecule is COCCCn1c(SCC(=O)Nc2cccc3ccccc23)n[nH]c1=O. The first-order valence-corrected chi connectivity index (χ1v) is 9.22. The molecule has 0 aliphatic heterocycles. The molecule has 0 spiro atoms. The molecule has 26 heavy (non-hydrogen) atoms. The number of ether oxygens (including phenoxy) is 1. The summed E-state index contributed by atoms with van der Waals surface area (Å²) in [7, 11) is 1.62. The molecule has 0 saturated heterocycles. The third-order valence-corrected chi connectivity index (χ3v) is 4.83. The number of hydrogen-bond acceptors (Lipinski definition) is 5. The van der Waals surface area contributed by atoms with Gasteiger partial charge in [-0.15, -0.1) is 5.10 Å². The molecule has 2 aromatic carbocycles. The standard InChI is InChI=1S/C18H20N4O3S/c1-25-11-5-10-22-17(24)20-21-18(22)26-12-16(23)19-15-9-4-7-13-6-2-3-8-14(13)15/h2-4,6-9H,5,10-12H2,1H3,(H,19,23)(H,20,24). The van der Waals surface area contributed by atoms with Crippen molar-refractivity contribution in [2.24, 2.45) is 0 Å². The summed E-state index contributed by atoms with van der Waals surface area (Å²) >= 11 is 1.23. The Kier molecular flexibility index (Phi) is 6.08. The fraction of sp³-hybridized carbons (Fsp3) is 0.278. The molecule has 0 atom stereocenters. The van der Waals surface area contributed by atoms with Crippen LogP contribution in [0.4, 0.5) is 5.69 Å². The van der Waals surface area contributed by atoms with Crippen LogP contribution in [0.25, 0.3) is 10.8 Å². The number of thioether (sulfide) groups is 1. The predicted molar refractivity (Wildman–Crippen MR) is 103 cm³/mol. The van der Waals surface area contributed by atoms with Gasteiger partial charge >= 0.3 is 5.69 Å². The summed E-state index contributed by atoms with van der Waals surface area (Å²) in [5.74, 6) is 0.0166. The molecule has 0 aliphatic carbocycles. The molecule has 3 aromatic rings. The predicted octanol–water partition coefficient (Wildman–Crippen LogP) is 2.49. The van der Waals surface area contributed by atoms with E-state index in [4.69, 9.17) is 4.74 Å². The largest absolute Gasteiger partial charge is 0.385 e. The summed E-state index contributed by atoms with van der Waals surface area (Å²) in [6.07, 6.45) is 0.700. The summed E-state index contributed by atoms with van der Waals surface area (Å²) in [6, 6.07) is 13.7. The van der Waals surface area contributed by atoms with E-state index in [0.717, 1.165) is 16.5 Å². The maximum absolute atomic E-state index is 12.3. The third-order valence-electron chi connectivity index (χ3n) is 3.85. The van der Waals surface area contributed by atoms with Crippen molar-refractivity contribution < 1.29 is 9.53 Å². The van der Waals surface area contributed by atoms with Crippen LogP contribution in [0.2, 0.25) is 0 Å². The molecule has 1 aromatic heterocycles. The molecular formula is C18H20N4O3S. The van der Waals surface area contributed by atoms with Crippen molar-refractivity contribution in [1.29, 1.82) is 0 Å². The average Bonchev–Trinajstić information content (AvgIpc) is 3.00. The number of aromatic amines is 1. The molecule has 1 heterocycles. The number of nitrogens with one attached hydrogen (secondary N) is 2. The first-order valence-electron chi connectivity index (χ1n) is 8.23. The van der Waals surface area contributed by atoms with Crippen molar-refractivity contribution in [2.45, 2.75) is 18.1 Å². The number of benzene rings is 2. The number of amides is 1. The minimum atomic E-state index is -0.280. The molecule has 8 heteroatoms. The number of aromatic nitrogens is 3. The Morgan fingerprint density at radius 3 is 2.92 bits per heavy atom. The van der Waals surface area contributed by atoms with Gasteiger partial charge in [-0.05, 0) is 17.9 Å². The van der Waals surface area contributed by atoms with Crippen molar-refractivity contribution >= 4 is 34.1 Å². The van der Waals surface area contributed by atoms with E-state index in [2.05, 4.69) is 15.5 Å². The third kappa shape index (κ3) is 4.33. The van der Waals surface area contributed by atoms with Gasteiger partial charge in [-0.25, -0.2) is 9.89 Å². The fourth-order valence-corrected chi connectivity index (χ4v) is 3.40. The van der Waals surface area contributed by atoms with Crippen LogP contribution in [0.3, 0.4) is 0 Å². The maximum atomic E-state index is 12.3. The Labute approximate surface area is 154 Å². The average molecular weight is 372 g/mol. The number of carbonyl (C=O) groups is 1. The topological polar surface area (TPSA) is 89.0 Å². The van der Waals surface area contributed by atoms with Crippen LogP contribution in [-0.2, 0) is 16.1 Å². The molecule has 0 aliphatic rings. The van der Waals surface area contributed by atoms with Gasteiger partial charge in [0.05, 0.1) is 5.75 Å². The van der Waals surface area contributed by atoms with E-state index < -0.39 is 0 Å². The maximum Gasteiger partial charge on any atom is 0.343 e. The van der Waals surface area contributed by atoms with E-state index in [1.54, 1.807) is 7.11 Å². The molecule has 7 nitrogen and oxygen atoms in total. The second-order valence-electron chi connectivity index (χ2n) is 5.67. The minimum Gasteiger partial charge on any atom is -0.385 e. The number of rotatable bonds is 8. The first-order chi connectivity index (χ1) is 12.7. The second kappa shape index (κ2) is 8.68. The lowest BCUT2D eigenvalue weighted by molar-refractivity contribution is -0.113. The second-order valence-corrected chi connectivity index (χ2v) is 6.62. The van der Waals surface area contributed by atoms with E-state index in [0.29, 0.717) is 24.7 Å². The van der Waals surface area contributed by atoms with E-state index in [1.807, 2.05) is 42.5 Å². The highest BCUT2D eigenvalue weighted by atomic mass is 32.2. The van der Waals surface area contributed by atoms with Crippen LogP contribution in [0.1, 0.15) is 6.42 Å². The number of fused-ring (bicyclic) bond motifs is 1. The normalized spacial score (nSPS) is 11.0. The summed E-state index contributed by atoms with van der Waals surface area (Å²) < 4.78 is 6.53. The number of nitrogens with zero attached hydrogens (tertiary/aromatic N) is 2. The van der Waals surface area contributed by atoms with Crippen LogP contribution >= 0.6 is 11.8 Å². The van der Waals surface area contributed by atoms with E-state index in [9.17, 15) is 9.59 Å². The van der Waals surface area contributed by atoms with Gasteiger partial charge in [0.1, 0.15) is 0 Å². The zero-order valence-corrected chi connectivity index (χ0v) is 15.2. The smallest absolute Gasteiger partial charge is 0.343 e. The van der Waals surface area contributed by atoms with Crippen molar-refractivity contribution in [3.8, 4) is 0 Å². The lowest BCUT2D eigenvalue weighted by Crippen LogP contribution is -2.19. The quantitative estimate of drug-likeness (QED) is 0.468. The lowest BCUT2D eigenvalue weighted by atomic mass is 10.1. The van der Waals surface area contributed by atoms with Gasteiger partial charge in [0.2, 0.25) is 5.91 Å². The number of methoxy groups -OCH3 is 1. The molecular weight excluding hydrogens is 352 g/mol. The van der Waals surface area contributed by atoms with Gasteiger partial charge < -0.3 is 10.1 Å². The summed E-state index contributed by atoms with van der Waals surface area (Å²) in [6.45, 7) is 1.06. The zero-order valence-electron chi connectivity index (χ0n) is 14.4. The summed E-state index contributed by atoms with van der Waals surface area (Å²) in [5.41, 5.74) is 0.492. The van der Waals surface area contributed by atoms with Gasteiger partial charge in [-0.2, -0.15) is 0 Å². The lowest BCUT2D eigenvalue weighted by Gasteiger charge is -2.09. The molecule has 0 unspecified atom stereocenters. The number of carbonyl (C=O) groups excluding carboxylic acids is 1. The molecule has 2 N–H and O–H groups in total. The highest BCUT2D eigenvalue weighted by molar-refractivity contribution is 7.99. The van der Waals surface area contributed by atoms with Crippen LogP contribution in [0, 0.1) is 0 Å². The van der Waals surface area contributed by atoms with Crippen LogP contribution in [-0.4, -0.2) is 40.1 Å². The van der Waals surface area contributed by atoms with Crippen molar-refractivity contribution in [1.82, 2.24) is 14.8 Å². The van der Waals surface area contributed by atoms with Crippen LogP contribution in [0.5, 0.6) is 0 Å². The van der Waals surface area contributed by atoms with Crippen molar-refractivity contribution in [3.05, 3.63) is 52.9 Å². The first kappa shape index (κ1) is 18.2. The van der Waals surface area contributed by atoms with E-state index >= 15 is 0 Å². The van der Waals surface area contributed by atoms with Gasteiger partial charge in [0, 0.05) is 31.3 Å². The molecule has 0 radical (unpaired) electrons. The Morgan fingerprint density at radius 1 is 1.27 bits per heavy atom. The Morgan fingerprint density at radius 2 is 2.08 bits per heavy atom. The molecule has 0 bridgehead atoms. The van der Waals surface area contributed by atoms with E-state index in [1.165, 1.54) is 16.3 Å². The monoisotopic (exact) mass is 372 g/mol. The Balaban J connectivity index is 1.63. The van der Waals surface area contributed by atoms with Gasteiger partial charge in [0.15, 0.2) is 5.16 Å². The molecule has 3 rings (SSSR count). The number of anilines is 1. The van der Waals surface area contributed by atoms with E-state index in [-0.39, 0.29) is 17.3 Å². The minimum absolute atomic E-state index is 0.148. The highest BCUT2D eigenvalue weighted by Crippen LogP contribution is 2.23. The summed E-state index contributed by atoms with van der Waals surface area (Å²) in [5, 5.41) is 11.9. The van der Waals surface area contributed by atoms with Crippen molar-refractivity contribution in [2.75, 3.05) is 24.8 Å². The summed E-state index contributed by atoms with van der Waals surface area (Å²) in [4.78, 5) is 24.1. The fourth-order valence-electron chi connectivity index (χ4n) is 2.63. The Hall–Kier alpha value is -2.58. The van der Waals surface area contributed by atoms with Crippen LogP contribution in [0.15, 0.2) is 52.4 Å². The van der Waals surface area contributed by atoms with Crippen LogP contribution < -0.4 is 11.0 Å².